The summed E-state index contributed by atoms with van der Waals surface area (Å²) in [4.78, 5) is 12.1. The highest BCUT2D eigenvalue weighted by Gasteiger charge is 2.09. The molecule has 1 aromatic rings. The molecular weight excluding hydrogens is 257 g/mol. The maximum Gasteiger partial charge on any atom is 0.295 e. The summed E-state index contributed by atoms with van der Waals surface area (Å²) in [5.41, 5.74) is 12.6. The molecule has 2 N–H and O–H groups in total. The minimum atomic E-state index is -0.0160. The van der Waals surface area contributed by atoms with Gasteiger partial charge in [0.2, 0.25) is 0 Å². The van der Waals surface area contributed by atoms with E-state index in [4.69, 9.17) is 10.4 Å². The van der Waals surface area contributed by atoms with E-state index in [-0.39, 0.29) is 8.81 Å². The van der Waals surface area contributed by atoms with Crippen LogP contribution in [-0.2, 0) is 6.42 Å². The van der Waals surface area contributed by atoms with Crippen molar-refractivity contribution in [2.24, 2.45) is 0 Å². The topological polar surface area (TPSA) is 68.7 Å². The van der Waals surface area contributed by atoms with Gasteiger partial charge in [-0.2, -0.15) is 4.79 Å². The average Bonchev–Trinajstić information content (AvgIpc) is 2.47. The molecule has 4 nitrogen and oxygen atoms in total. The van der Waals surface area contributed by atoms with E-state index >= 15 is 0 Å². The number of anilines is 1. The number of allylic oxidation sites excluding steroid dienone is 3. The summed E-state index contributed by atoms with van der Waals surface area (Å²) in [5, 5.41) is 3.36. The van der Waals surface area contributed by atoms with E-state index in [1.165, 1.54) is 5.56 Å². The Balaban J connectivity index is 2.09. The average molecular weight is 273 g/mol. The maximum atomic E-state index is 8.94. The maximum absolute atomic E-state index is 8.94. The Morgan fingerprint density at radius 3 is 2.84 bits per heavy atom. The summed E-state index contributed by atoms with van der Waals surface area (Å²) in [5.74, 6) is 0. The highest BCUT2D eigenvalue weighted by Crippen LogP contribution is 2.21. The van der Waals surface area contributed by atoms with Crippen LogP contribution in [0.3, 0.4) is 0 Å². The molecular formula is C14H16N3OP. The van der Waals surface area contributed by atoms with Crippen molar-refractivity contribution < 1.29 is 9.68 Å². The van der Waals surface area contributed by atoms with Crippen molar-refractivity contribution in [2.75, 3.05) is 11.5 Å². The lowest BCUT2D eigenvalue weighted by Crippen LogP contribution is -2.06. The van der Waals surface area contributed by atoms with Gasteiger partial charge in [0.1, 0.15) is 0 Å². The number of aryl methyl sites for hydroxylation is 1. The normalized spacial score (nSPS) is 14.6. The summed E-state index contributed by atoms with van der Waals surface area (Å²) < 4.78 is 0. The van der Waals surface area contributed by atoms with Crippen LogP contribution in [0.1, 0.15) is 12.0 Å². The van der Waals surface area contributed by atoms with Gasteiger partial charge < -0.3 is 15.7 Å². The fourth-order valence-electron chi connectivity index (χ4n) is 1.91. The largest absolute Gasteiger partial charge is 0.377 e. The van der Waals surface area contributed by atoms with Crippen LogP contribution in [0.5, 0.6) is 0 Å². The fraction of sp³-hybridized carbons (Fsp3) is 0.214. The van der Waals surface area contributed by atoms with Crippen LogP contribution >= 0.6 is 8.81 Å². The molecule has 0 spiro atoms. The van der Waals surface area contributed by atoms with E-state index in [0.717, 1.165) is 24.0 Å². The second-order valence-corrected chi connectivity index (χ2v) is 5.04. The van der Waals surface area contributed by atoms with Crippen LogP contribution in [0.2, 0.25) is 0 Å². The van der Waals surface area contributed by atoms with Crippen molar-refractivity contribution in [2.45, 2.75) is 12.8 Å². The molecule has 2 rings (SSSR count). The van der Waals surface area contributed by atoms with Crippen molar-refractivity contribution >= 4 is 20.2 Å². The highest BCUT2D eigenvalue weighted by atomic mass is 31.1. The standard InChI is InChI=1S/C14H16N3OP/c15-17-13-7-5-12(6-8-13)16-14-4-2-1-3-11(14)9-10-19-18/h1-7,16,18-19H,8-10H2. The third-order valence-corrected chi connectivity index (χ3v) is 3.39. The van der Waals surface area contributed by atoms with Gasteiger partial charge in [0.05, 0.1) is 6.42 Å². The molecule has 0 heterocycles. The third kappa shape index (κ3) is 3.87. The smallest absolute Gasteiger partial charge is 0.295 e. The molecule has 0 aromatic heterocycles. The first-order valence-corrected chi connectivity index (χ1v) is 7.30. The molecule has 0 bridgehead atoms. The van der Waals surface area contributed by atoms with Crippen LogP contribution in [0.15, 0.2) is 48.2 Å². The van der Waals surface area contributed by atoms with Gasteiger partial charge in [-0.25, -0.2) is 0 Å². The highest BCUT2D eigenvalue weighted by molar-refractivity contribution is 7.31. The van der Waals surface area contributed by atoms with Crippen molar-refractivity contribution in [1.82, 2.24) is 0 Å². The molecule has 1 aliphatic carbocycles. The van der Waals surface area contributed by atoms with Crippen molar-refractivity contribution in [3.05, 3.63) is 59.3 Å². The number of hydrogen-bond acceptors (Lipinski definition) is 2. The number of nitrogens with one attached hydrogen (secondary N) is 1. The first-order chi connectivity index (χ1) is 9.33. The molecule has 5 heteroatoms. The second-order valence-electron chi connectivity index (χ2n) is 4.23. The number of nitrogens with zero attached hydrogens (tertiary/aromatic N) is 2. The van der Waals surface area contributed by atoms with Gasteiger partial charge in [0.25, 0.3) is 5.71 Å². The van der Waals surface area contributed by atoms with Gasteiger partial charge in [-0.05, 0) is 36.4 Å². The van der Waals surface area contributed by atoms with Crippen LogP contribution < -0.4 is 5.32 Å². The predicted octanol–water partition coefficient (Wildman–Crippen LogP) is 2.74. The van der Waals surface area contributed by atoms with Gasteiger partial charge in [0, 0.05) is 26.3 Å². The Hall–Kier alpha value is -1.73. The first kappa shape index (κ1) is 13.7. The molecule has 0 aliphatic heterocycles. The Kier molecular flexibility index (Phi) is 5.05. The monoisotopic (exact) mass is 273 g/mol. The quantitative estimate of drug-likeness (QED) is 0.492. The summed E-state index contributed by atoms with van der Waals surface area (Å²) in [7, 11) is -0.0160. The number of hydrogen-bond donors (Lipinski definition) is 2. The molecule has 1 unspecified atom stereocenters. The van der Waals surface area contributed by atoms with Crippen molar-refractivity contribution in [3.8, 4) is 0 Å². The lowest BCUT2D eigenvalue weighted by Gasteiger charge is -2.13. The summed E-state index contributed by atoms with van der Waals surface area (Å²) in [6.07, 6.45) is 7.94. The molecule has 0 amide bonds. The number of benzene rings is 1. The van der Waals surface area contributed by atoms with E-state index < -0.39 is 0 Å². The molecule has 0 radical (unpaired) electrons. The van der Waals surface area contributed by atoms with E-state index in [9.17, 15) is 0 Å². The Morgan fingerprint density at radius 2 is 2.16 bits per heavy atom. The fourth-order valence-corrected chi connectivity index (χ4v) is 2.29. The van der Waals surface area contributed by atoms with Gasteiger partial charge in [0.15, 0.2) is 0 Å². The lowest BCUT2D eigenvalue weighted by atomic mass is 10.1. The summed E-state index contributed by atoms with van der Waals surface area (Å²) in [6.45, 7) is 0. The van der Waals surface area contributed by atoms with Gasteiger partial charge in [-0.1, -0.05) is 18.2 Å². The van der Waals surface area contributed by atoms with Gasteiger partial charge in [-0.3, -0.25) is 0 Å². The van der Waals surface area contributed by atoms with Crippen LogP contribution in [0.25, 0.3) is 5.53 Å². The third-order valence-electron chi connectivity index (χ3n) is 2.92. The second kappa shape index (κ2) is 7.01. The molecule has 0 saturated carbocycles. The van der Waals surface area contributed by atoms with E-state index in [1.807, 2.05) is 30.4 Å². The van der Waals surface area contributed by atoms with Gasteiger partial charge in [-0.15, -0.1) is 0 Å². The van der Waals surface area contributed by atoms with Crippen LogP contribution in [-0.4, -0.2) is 21.6 Å². The van der Waals surface area contributed by atoms with Crippen LogP contribution in [0, 0.1) is 0 Å². The molecule has 1 aliphatic rings. The molecule has 98 valence electrons. The first-order valence-electron chi connectivity index (χ1n) is 6.14. The minimum absolute atomic E-state index is 0.0160. The van der Waals surface area contributed by atoms with Crippen molar-refractivity contribution in [3.63, 3.8) is 0 Å². The zero-order chi connectivity index (χ0) is 13.5. The van der Waals surface area contributed by atoms with Crippen LogP contribution in [0.4, 0.5) is 5.69 Å². The Morgan fingerprint density at radius 1 is 1.32 bits per heavy atom. The Bertz CT molecular complexity index is 560. The molecule has 19 heavy (non-hydrogen) atoms. The zero-order valence-electron chi connectivity index (χ0n) is 10.5. The molecule has 0 saturated heterocycles. The molecule has 1 atom stereocenters. The Labute approximate surface area is 114 Å². The SMILES string of the molecule is [N-]=[N+]=C1C=CC(Nc2ccccc2CCPO)=CC1. The molecule has 0 fully saturated rings. The van der Waals surface area contributed by atoms with Crippen molar-refractivity contribution in [1.29, 1.82) is 0 Å². The number of rotatable bonds is 5. The van der Waals surface area contributed by atoms with E-state index in [2.05, 4.69) is 16.2 Å². The molecule has 1 aromatic carbocycles. The minimum Gasteiger partial charge on any atom is -0.377 e. The lowest BCUT2D eigenvalue weighted by molar-refractivity contribution is -0.00540. The van der Waals surface area contributed by atoms with E-state index in [0.29, 0.717) is 12.1 Å². The van der Waals surface area contributed by atoms with Gasteiger partial charge >= 0.3 is 0 Å². The summed E-state index contributed by atoms with van der Waals surface area (Å²) >= 11 is 0. The zero-order valence-corrected chi connectivity index (χ0v) is 11.5. The number of para-hydroxylation sites is 1. The van der Waals surface area contributed by atoms with E-state index in [1.54, 1.807) is 6.08 Å². The predicted molar refractivity (Wildman–Crippen MR) is 79.6 cm³/mol. The summed E-state index contributed by atoms with van der Waals surface area (Å²) in [6, 6.07) is 8.08.